The lowest BCUT2D eigenvalue weighted by atomic mass is 10.1. The van der Waals surface area contributed by atoms with Gasteiger partial charge in [0, 0.05) is 19.0 Å². The number of hydroxylamine groups is 3. The summed E-state index contributed by atoms with van der Waals surface area (Å²) in [5, 5.41) is 23.9. The molecule has 0 unspecified atom stereocenters. The second kappa shape index (κ2) is 9.67. The van der Waals surface area contributed by atoms with Crippen LogP contribution in [0.3, 0.4) is 0 Å². The maximum atomic E-state index is 10.9. The molecule has 0 aromatic rings. The van der Waals surface area contributed by atoms with E-state index in [4.69, 9.17) is 10.0 Å². The summed E-state index contributed by atoms with van der Waals surface area (Å²) < 4.78 is 0. The Kier molecular flexibility index (Phi) is 7.27. The molecule has 2 rings (SSSR count). The molecule has 0 aromatic carbocycles. The van der Waals surface area contributed by atoms with E-state index in [0.717, 1.165) is 62.3 Å². The molecule has 0 bridgehead atoms. The summed E-state index contributed by atoms with van der Waals surface area (Å²) in [4.78, 5) is 25.9. The fourth-order valence-corrected chi connectivity index (χ4v) is 2.70. The van der Waals surface area contributed by atoms with Crippen molar-refractivity contribution in [3.05, 3.63) is 45.7 Å². The zero-order valence-corrected chi connectivity index (χ0v) is 14.1. The van der Waals surface area contributed by atoms with Gasteiger partial charge in [-0.2, -0.15) is 0 Å². The number of nitro groups is 1. The van der Waals surface area contributed by atoms with E-state index in [1.165, 1.54) is 6.08 Å². The molecule has 0 atom stereocenters. The van der Waals surface area contributed by atoms with Crippen LogP contribution in [-0.2, 0) is 9.73 Å². The van der Waals surface area contributed by atoms with E-state index >= 15 is 0 Å². The Morgan fingerprint density at radius 3 is 2.56 bits per heavy atom. The number of allylic oxidation sites excluding steroid dienone is 2. The fraction of sp³-hybridized carbons (Fsp3) is 0.562. The van der Waals surface area contributed by atoms with Gasteiger partial charge >= 0.3 is 11.8 Å². The van der Waals surface area contributed by atoms with E-state index in [2.05, 4.69) is 10.8 Å². The number of nitrogens with one attached hydrogen (secondary N) is 2. The lowest BCUT2D eigenvalue weighted by Crippen LogP contribution is -2.31. The Labute approximate surface area is 146 Å². The molecule has 9 heteroatoms. The Bertz CT molecular complexity index is 585. The van der Waals surface area contributed by atoms with Crippen molar-refractivity contribution in [1.82, 2.24) is 15.9 Å². The van der Waals surface area contributed by atoms with Crippen LogP contribution < -0.4 is 10.8 Å². The van der Waals surface area contributed by atoms with Gasteiger partial charge in [0.15, 0.2) is 0 Å². The number of carbonyl (C=O) groups is 1. The van der Waals surface area contributed by atoms with Gasteiger partial charge in [0.25, 0.3) is 0 Å². The van der Waals surface area contributed by atoms with Crippen LogP contribution in [0.15, 0.2) is 35.6 Å². The standard InChI is InChI=1S/C16H24N4O5/c21-16(22)8-6-4-2-1-3-5-7-11-17-13-9-10-15(20(23)24)19-14(13)12-18-25-19/h9-10,12,17-18H,1-8,11H2,(H,21,22). The predicted octanol–water partition coefficient (Wildman–Crippen LogP) is 2.39. The van der Waals surface area contributed by atoms with E-state index in [0.29, 0.717) is 5.70 Å². The minimum absolute atomic E-state index is 0.135. The second-order valence-electron chi connectivity index (χ2n) is 5.94. The third kappa shape index (κ3) is 5.79. The molecule has 0 aliphatic carbocycles. The normalized spacial score (nSPS) is 15.7. The van der Waals surface area contributed by atoms with Crippen molar-refractivity contribution < 1.29 is 19.8 Å². The fourth-order valence-electron chi connectivity index (χ4n) is 2.70. The second-order valence-corrected chi connectivity index (χ2v) is 5.94. The number of hydrogen-bond donors (Lipinski definition) is 3. The topological polar surface area (TPSA) is 117 Å². The number of carboxylic acid groups (broad SMARTS) is 1. The highest BCUT2D eigenvalue weighted by Gasteiger charge is 2.36. The van der Waals surface area contributed by atoms with Gasteiger partial charge in [-0.1, -0.05) is 37.0 Å². The van der Waals surface area contributed by atoms with E-state index in [1.807, 2.05) is 0 Å². The smallest absolute Gasteiger partial charge is 0.355 e. The quantitative estimate of drug-likeness (QED) is 0.278. The van der Waals surface area contributed by atoms with Crippen molar-refractivity contribution in [2.45, 2.75) is 51.4 Å². The molecule has 2 aliphatic heterocycles. The number of hydrogen-bond acceptors (Lipinski definition) is 7. The van der Waals surface area contributed by atoms with Gasteiger partial charge in [-0.15, -0.1) is 0 Å². The van der Waals surface area contributed by atoms with Crippen molar-refractivity contribution in [3.63, 3.8) is 0 Å². The Morgan fingerprint density at radius 2 is 1.88 bits per heavy atom. The molecule has 9 nitrogen and oxygen atoms in total. The summed E-state index contributed by atoms with van der Waals surface area (Å²) in [5.74, 6) is -0.857. The first kappa shape index (κ1) is 18.8. The third-order valence-corrected chi connectivity index (χ3v) is 4.01. The lowest BCUT2D eigenvalue weighted by molar-refractivity contribution is -0.465. The number of rotatable bonds is 12. The molecule has 0 amide bonds. The van der Waals surface area contributed by atoms with Crippen LogP contribution >= 0.6 is 0 Å². The summed E-state index contributed by atoms with van der Waals surface area (Å²) in [6, 6.07) is 0. The number of aliphatic carboxylic acids is 1. The molecule has 0 fully saturated rings. The van der Waals surface area contributed by atoms with Crippen LogP contribution in [0, 0.1) is 10.1 Å². The number of unbranched alkanes of at least 4 members (excludes halogenated alkanes) is 6. The molecule has 25 heavy (non-hydrogen) atoms. The van der Waals surface area contributed by atoms with Gasteiger partial charge in [-0.3, -0.25) is 4.79 Å². The molecular weight excluding hydrogens is 328 g/mol. The SMILES string of the molecule is O=C(O)CCCCCCCCCNC1=CC=C([N+](=O)[O-])N2ONC=C12. The van der Waals surface area contributed by atoms with Gasteiger partial charge in [-0.05, 0) is 28.9 Å². The number of carboxylic acids is 1. The highest BCUT2D eigenvalue weighted by atomic mass is 16.8. The minimum atomic E-state index is -0.722. The Balaban J connectivity index is 1.59. The molecule has 0 spiro atoms. The van der Waals surface area contributed by atoms with Crippen LogP contribution in [0.1, 0.15) is 51.4 Å². The monoisotopic (exact) mass is 352 g/mol. The molecule has 0 saturated heterocycles. The van der Waals surface area contributed by atoms with Crippen molar-refractivity contribution in [1.29, 1.82) is 0 Å². The van der Waals surface area contributed by atoms with Gasteiger partial charge in [0.05, 0.1) is 11.9 Å². The predicted molar refractivity (Wildman–Crippen MR) is 89.9 cm³/mol. The van der Waals surface area contributed by atoms with Gasteiger partial charge in [0.2, 0.25) is 5.70 Å². The van der Waals surface area contributed by atoms with Crippen LogP contribution in [0.2, 0.25) is 0 Å². The molecule has 138 valence electrons. The van der Waals surface area contributed by atoms with Gasteiger partial charge in [0.1, 0.15) is 0 Å². The molecule has 3 N–H and O–H groups in total. The first-order valence-corrected chi connectivity index (χ1v) is 8.55. The van der Waals surface area contributed by atoms with Crippen LogP contribution in [-0.4, -0.2) is 27.6 Å². The van der Waals surface area contributed by atoms with Crippen molar-refractivity contribution in [2.75, 3.05) is 6.54 Å². The molecule has 0 aromatic heterocycles. The minimum Gasteiger partial charge on any atom is -0.481 e. The molecule has 0 saturated carbocycles. The van der Waals surface area contributed by atoms with E-state index in [1.54, 1.807) is 12.3 Å². The van der Waals surface area contributed by atoms with E-state index in [9.17, 15) is 14.9 Å². The third-order valence-electron chi connectivity index (χ3n) is 4.01. The summed E-state index contributed by atoms with van der Waals surface area (Å²) in [6.07, 6.45) is 12.1. The van der Waals surface area contributed by atoms with Crippen molar-refractivity contribution >= 4 is 5.97 Å². The molecular formula is C16H24N4O5. The molecule has 2 aliphatic rings. The zero-order valence-electron chi connectivity index (χ0n) is 14.1. The first-order chi connectivity index (χ1) is 12.1. The van der Waals surface area contributed by atoms with Crippen LogP contribution in [0.4, 0.5) is 0 Å². The van der Waals surface area contributed by atoms with E-state index < -0.39 is 10.9 Å². The maximum absolute atomic E-state index is 10.9. The van der Waals surface area contributed by atoms with Crippen LogP contribution in [0.25, 0.3) is 0 Å². The number of nitrogens with zero attached hydrogens (tertiary/aromatic N) is 2. The Hall–Kier alpha value is -2.55. The summed E-state index contributed by atoms with van der Waals surface area (Å²) >= 11 is 0. The zero-order chi connectivity index (χ0) is 18.1. The highest BCUT2D eigenvalue weighted by molar-refractivity contribution is 5.66. The Morgan fingerprint density at radius 1 is 1.20 bits per heavy atom. The lowest BCUT2D eigenvalue weighted by Gasteiger charge is -2.18. The summed E-state index contributed by atoms with van der Waals surface area (Å²) in [7, 11) is 0. The largest absolute Gasteiger partial charge is 0.481 e. The van der Waals surface area contributed by atoms with Gasteiger partial charge < -0.3 is 20.5 Å². The highest BCUT2D eigenvalue weighted by Crippen LogP contribution is 2.26. The van der Waals surface area contributed by atoms with Gasteiger partial charge in [-0.25, -0.2) is 5.48 Å². The average molecular weight is 352 g/mol. The maximum Gasteiger partial charge on any atom is 0.355 e. The summed E-state index contributed by atoms with van der Waals surface area (Å²) in [5.41, 5.74) is 3.89. The van der Waals surface area contributed by atoms with Crippen molar-refractivity contribution in [2.24, 2.45) is 0 Å². The molecule has 0 radical (unpaired) electrons. The average Bonchev–Trinajstić information content (AvgIpc) is 3.05. The first-order valence-electron chi connectivity index (χ1n) is 8.55. The van der Waals surface area contributed by atoms with Crippen LogP contribution in [0.5, 0.6) is 0 Å². The van der Waals surface area contributed by atoms with E-state index in [-0.39, 0.29) is 12.2 Å². The van der Waals surface area contributed by atoms with Crippen molar-refractivity contribution in [3.8, 4) is 0 Å². The summed E-state index contributed by atoms with van der Waals surface area (Å²) in [6.45, 7) is 0.775. The molecule has 2 heterocycles. The number of fused-ring (bicyclic) bond motifs is 1.